The van der Waals surface area contributed by atoms with Crippen molar-refractivity contribution in [1.29, 1.82) is 0 Å². The molecule has 2 aromatic heterocycles. The number of halogens is 2. The second-order valence-corrected chi connectivity index (χ2v) is 13.6. The van der Waals surface area contributed by atoms with Crippen molar-refractivity contribution in [3.63, 3.8) is 0 Å². The second kappa shape index (κ2) is 15.1. The van der Waals surface area contributed by atoms with Crippen molar-refractivity contribution in [1.82, 2.24) is 31.1 Å². The first-order valence-electron chi connectivity index (χ1n) is 16.3. The van der Waals surface area contributed by atoms with Gasteiger partial charge in [0.15, 0.2) is 0 Å². The van der Waals surface area contributed by atoms with Crippen molar-refractivity contribution in [2.24, 2.45) is 11.8 Å². The normalized spacial score (nSPS) is 18.6. The summed E-state index contributed by atoms with van der Waals surface area (Å²) in [5, 5.41) is 20.2. The van der Waals surface area contributed by atoms with Gasteiger partial charge in [-0.3, -0.25) is 4.79 Å². The molecule has 47 heavy (non-hydrogen) atoms. The van der Waals surface area contributed by atoms with Crippen molar-refractivity contribution in [2.75, 3.05) is 6.54 Å². The largest absolute Gasteiger partial charge is 0.445 e. The maximum atomic E-state index is 14.6. The van der Waals surface area contributed by atoms with Crippen LogP contribution in [0.15, 0.2) is 46.9 Å². The molecule has 0 radical (unpaired) electrons. The monoisotopic (exact) mass is 682 g/mol. The average molecular weight is 684 g/mol. The average Bonchev–Trinajstić information content (AvgIpc) is 3.67. The Morgan fingerprint density at radius 3 is 2.49 bits per heavy atom. The number of rotatable bonds is 13. The fourth-order valence-corrected chi connectivity index (χ4v) is 6.74. The van der Waals surface area contributed by atoms with E-state index in [9.17, 15) is 9.59 Å². The Balaban J connectivity index is 1.43. The van der Waals surface area contributed by atoms with E-state index >= 15 is 0 Å². The first-order valence-corrected chi connectivity index (χ1v) is 17.1. The van der Waals surface area contributed by atoms with Gasteiger partial charge in [0.25, 0.3) is 0 Å². The fourth-order valence-electron chi connectivity index (χ4n) is 6.20. The number of hydrogen-bond donors (Lipinski definition) is 4. The van der Waals surface area contributed by atoms with Crippen LogP contribution in [0.1, 0.15) is 81.6 Å². The summed E-state index contributed by atoms with van der Waals surface area (Å²) in [7, 11) is 0. The van der Waals surface area contributed by atoms with Gasteiger partial charge in [-0.25, -0.2) is 4.79 Å². The first kappa shape index (κ1) is 34.7. The third-order valence-corrected chi connectivity index (χ3v) is 10.1. The van der Waals surface area contributed by atoms with E-state index in [-0.39, 0.29) is 30.4 Å². The van der Waals surface area contributed by atoms with Gasteiger partial charge in [0.05, 0.1) is 10.5 Å². The third kappa shape index (κ3) is 7.93. The minimum atomic E-state index is -1.03. The molecule has 5 atom stereocenters. The number of nitrogens with one attached hydrogen (secondary N) is 4. The standard InChI is InChI=1S/C35H44Cl2N6O4/c1-6-20(3)29(40-34(45)46-19-23-11-9-8-10-12-23)18-38-35(33(44)41-30(21(4)7-2)32-43-42-22(5)47-32)14-13-28-26(17-35)25-15-24(36)16-27(37)31(25)39-28/h8-12,15-16,20-21,29-30,38-39H,6-7,13-14,17-19H2,1-5H3,(H,40,45)(H,41,44)/t20?,21?,29-,30+,35-/m1/s1. The highest BCUT2D eigenvalue weighted by Gasteiger charge is 2.44. The lowest BCUT2D eigenvalue weighted by Gasteiger charge is -2.40. The zero-order chi connectivity index (χ0) is 33.7. The van der Waals surface area contributed by atoms with Gasteiger partial charge < -0.3 is 30.1 Å². The number of aromatic nitrogens is 3. The molecule has 2 unspecified atom stereocenters. The first-order chi connectivity index (χ1) is 22.5. The number of nitrogens with zero attached hydrogens (tertiary/aromatic N) is 2. The van der Waals surface area contributed by atoms with Crippen molar-refractivity contribution >= 4 is 46.1 Å². The molecule has 4 aromatic rings. The predicted octanol–water partition coefficient (Wildman–Crippen LogP) is 7.23. The number of hydrogen-bond acceptors (Lipinski definition) is 7. The highest BCUT2D eigenvalue weighted by Crippen LogP contribution is 2.39. The molecule has 252 valence electrons. The third-order valence-electron chi connectivity index (χ3n) is 9.55. The Kier molecular flexibility index (Phi) is 11.1. The number of alkyl carbamates (subject to hydrolysis) is 1. The molecule has 0 spiro atoms. The number of aromatic amines is 1. The lowest BCUT2D eigenvalue weighted by atomic mass is 9.78. The van der Waals surface area contributed by atoms with Crippen LogP contribution in [-0.2, 0) is 29.0 Å². The van der Waals surface area contributed by atoms with Crippen molar-refractivity contribution < 1.29 is 18.7 Å². The number of amides is 2. The molecule has 10 nitrogen and oxygen atoms in total. The zero-order valence-corrected chi connectivity index (χ0v) is 29.1. The van der Waals surface area contributed by atoms with Gasteiger partial charge >= 0.3 is 6.09 Å². The number of carbonyl (C=O) groups excluding carboxylic acids is 2. The molecule has 5 rings (SSSR count). The number of carbonyl (C=O) groups is 2. The topological polar surface area (TPSA) is 134 Å². The van der Waals surface area contributed by atoms with E-state index in [2.05, 4.69) is 58.8 Å². The lowest BCUT2D eigenvalue weighted by Crippen LogP contribution is -2.63. The van der Waals surface area contributed by atoms with Crippen LogP contribution in [0.4, 0.5) is 4.79 Å². The van der Waals surface area contributed by atoms with Crippen LogP contribution in [0.25, 0.3) is 10.9 Å². The fraction of sp³-hybridized carbons (Fsp3) is 0.486. The molecule has 0 fully saturated rings. The van der Waals surface area contributed by atoms with Crippen LogP contribution < -0.4 is 16.0 Å². The quantitative estimate of drug-likeness (QED) is 0.117. The van der Waals surface area contributed by atoms with E-state index in [0.29, 0.717) is 47.6 Å². The molecular weight excluding hydrogens is 639 g/mol. The summed E-state index contributed by atoms with van der Waals surface area (Å²) < 4.78 is 11.4. The van der Waals surface area contributed by atoms with E-state index in [1.54, 1.807) is 13.0 Å². The van der Waals surface area contributed by atoms with Crippen LogP contribution in [-0.4, -0.2) is 45.3 Å². The Morgan fingerprint density at radius 2 is 1.81 bits per heavy atom. The number of aryl methyl sites for hydroxylation is 2. The van der Waals surface area contributed by atoms with Gasteiger partial charge in [-0.1, -0.05) is 94.1 Å². The summed E-state index contributed by atoms with van der Waals surface area (Å²) in [4.78, 5) is 31.1. The molecule has 0 saturated carbocycles. The van der Waals surface area contributed by atoms with Gasteiger partial charge in [-0.15, -0.1) is 10.2 Å². The Morgan fingerprint density at radius 1 is 1.06 bits per heavy atom. The Hall–Kier alpha value is -3.60. The molecule has 2 aromatic carbocycles. The summed E-state index contributed by atoms with van der Waals surface area (Å²) in [5.41, 5.74) is 2.69. The van der Waals surface area contributed by atoms with Crippen molar-refractivity contribution in [3.05, 3.63) is 81.1 Å². The SMILES string of the molecule is CCC(C)[C@H](NC(=O)[C@@]1(NC[C@@H](NC(=O)OCc2ccccc2)C(C)CC)CCc2[nH]c3c(Cl)cc(Cl)cc3c2C1)c1nnc(C)o1. The highest BCUT2D eigenvalue weighted by atomic mass is 35.5. The molecule has 12 heteroatoms. The van der Waals surface area contributed by atoms with Gasteiger partial charge in [-0.2, -0.15) is 0 Å². The smallest absolute Gasteiger partial charge is 0.407 e. The van der Waals surface area contributed by atoms with E-state index in [1.165, 1.54) is 0 Å². The van der Waals surface area contributed by atoms with E-state index < -0.39 is 17.7 Å². The van der Waals surface area contributed by atoms with E-state index in [4.69, 9.17) is 32.4 Å². The zero-order valence-electron chi connectivity index (χ0n) is 27.6. The molecule has 2 heterocycles. The summed E-state index contributed by atoms with van der Waals surface area (Å²) in [6, 6.07) is 12.4. The maximum absolute atomic E-state index is 14.6. The summed E-state index contributed by atoms with van der Waals surface area (Å²) in [5.74, 6) is 0.775. The van der Waals surface area contributed by atoms with Crippen molar-refractivity contribution in [2.45, 2.75) is 91.0 Å². The Bertz CT molecular complexity index is 1690. The van der Waals surface area contributed by atoms with Crippen LogP contribution in [0, 0.1) is 18.8 Å². The minimum Gasteiger partial charge on any atom is -0.445 e. The number of benzene rings is 2. The van der Waals surface area contributed by atoms with E-state index in [1.807, 2.05) is 36.4 Å². The van der Waals surface area contributed by atoms with E-state index in [0.717, 1.165) is 40.6 Å². The molecule has 2 amide bonds. The molecule has 1 aliphatic carbocycles. The van der Waals surface area contributed by atoms with Gasteiger partial charge in [0.1, 0.15) is 18.2 Å². The molecular formula is C35H44Cl2N6O4. The lowest BCUT2D eigenvalue weighted by molar-refractivity contribution is -0.129. The van der Waals surface area contributed by atoms with Crippen LogP contribution in [0.2, 0.25) is 10.0 Å². The maximum Gasteiger partial charge on any atom is 0.407 e. The number of fused-ring (bicyclic) bond motifs is 3. The van der Waals surface area contributed by atoms with Crippen LogP contribution in [0.5, 0.6) is 0 Å². The summed E-state index contributed by atoms with van der Waals surface area (Å²) >= 11 is 13.0. The molecule has 4 N–H and O–H groups in total. The van der Waals surface area contributed by atoms with Crippen LogP contribution in [0.3, 0.4) is 0 Å². The van der Waals surface area contributed by atoms with Crippen LogP contribution >= 0.6 is 23.2 Å². The minimum absolute atomic E-state index is 0.0367. The van der Waals surface area contributed by atoms with Gasteiger partial charge in [0, 0.05) is 42.0 Å². The molecule has 0 saturated heterocycles. The van der Waals surface area contributed by atoms with Gasteiger partial charge in [-0.05, 0) is 47.9 Å². The second-order valence-electron chi connectivity index (χ2n) is 12.7. The summed E-state index contributed by atoms with van der Waals surface area (Å²) in [6.45, 7) is 10.5. The molecule has 1 aliphatic rings. The number of H-pyrrole nitrogens is 1. The highest BCUT2D eigenvalue weighted by molar-refractivity contribution is 6.38. The molecule has 0 aliphatic heterocycles. The molecule has 0 bridgehead atoms. The summed E-state index contributed by atoms with van der Waals surface area (Å²) in [6.07, 6.45) is 2.60. The van der Waals surface area contributed by atoms with Crippen molar-refractivity contribution in [3.8, 4) is 0 Å². The van der Waals surface area contributed by atoms with Gasteiger partial charge in [0.2, 0.25) is 17.7 Å². The number of ether oxygens (including phenoxy) is 1. The Labute approximate surface area is 285 Å². The predicted molar refractivity (Wildman–Crippen MR) is 183 cm³/mol.